The summed E-state index contributed by atoms with van der Waals surface area (Å²) in [6.07, 6.45) is 0.497. The molecule has 43 heavy (non-hydrogen) atoms. The number of carbonyl (C=O) groups excluding carboxylic acids is 3. The molecule has 1 aliphatic rings. The molecule has 12 nitrogen and oxygen atoms in total. The van der Waals surface area contributed by atoms with Gasteiger partial charge in [0.05, 0.1) is 19.6 Å². The highest BCUT2D eigenvalue weighted by molar-refractivity contribution is 6.02. The molecule has 3 amide bonds. The van der Waals surface area contributed by atoms with Crippen LogP contribution in [0.2, 0.25) is 0 Å². The highest BCUT2D eigenvalue weighted by Crippen LogP contribution is 2.32. The van der Waals surface area contributed by atoms with Crippen LogP contribution in [-0.2, 0) is 27.9 Å². The number of piperazine rings is 1. The maximum atomic E-state index is 12.7. The normalized spacial score (nSPS) is 17.1. The first-order valence-corrected chi connectivity index (χ1v) is 14.7. The highest BCUT2D eigenvalue weighted by atomic mass is 16.6. The summed E-state index contributed by atoms with van der Waals surface area (Å²) >= 11 is 0. The lowest BCUT2D eigenvalue weighted by atomic mass is 10.1. The van der Waals surface area contributed by atoms with E-state index in [1.807, 2.05) is 48.5 Å². The van der Waals surface area contributed by atoms with E-state index in [0.717, 1.165) is 24.0 Å². The molecule has 1 saturated heterocycles. The molecule has 2 N–H and O–H groups in total. The molecule has 0 radical (unpaired) electrons. The molecule has 0 unspecified atom stereocenters. The molecule has 0 spiro atoms. The molecular formula is C31H42N6O6. The largest absolute Gasteiger partial charge is 0.491 e. The minimum Gasteiger partial charge on any atom is -0.491 e. The molecule has 12 heteroatoms. The van der Waals surface area contributed by atoms with Gasteiger partial charge in [0, 0.05) is 50.7 Å². The van der Waals surface area contributed by atoms with Crippen molar-refractivity contribution in [2.45, 2.75) is 52.3 Å². The van der Waals surface area contributed by atoms with Crippen molar-refractivity contribution in [3.8, 4) is 5.75 Å². The lowest BCUT2D eigenvalue weighted by Crippen LogP contribution is -2.58. The zero-order valence-electron chi connectivity index (χ0n) is 25.4. The molecule has 2 aromatic carbocycles. The lowest BCUT2D eigenvalue weighted by Gasteiger charge is -2.44. The number of aromatic nitrogens is 2. The maximum Gasteiger partial charge on any atom is 0.410 e. The summed E-state index contributed by atoms with van der Waals surface area (Å²) in [5.74, 6) is 0.592. The Morgan fingerprint density at radius 2 is 1.74 bits per heavy atom. The summed E-state index contributed by atoms with van der Waals surface area (Å²) in [6, 6.07) is 14.9. The van der Waals surface area contributed by atoms with Crippen LogP contribution in [0.25, 0.3) is 10.9 Å². The quantitative estimate of drug-likeness (QED) is 0.247. The van der Waals surface area contributed by atoms with E-state index in [0.29, 0.717) is 36.6 Å². The molecule has 4 rings (SSSR count). The van der Waals surface area contributed by atoms with Gasteiger partial charge in [-0.25, -0.2) is 9.59 Å². The number of aryl methyl sites for hydroxylation is 1. The van der Waals surface area contributed by atoms with E-state index in [1.165, 1.54) is 4.90 Å². The molecule has 2 heterocycles. The molecule has 0 bridgehead atoms. The second-order valence-corrected chi connectivity index (χ2v) is 10.7. The van der Waals surface area contributed by atoms with Gasteiger partial charge in [-0.3, -0.25) is 19.3 Å². The van der Waals surface area contributed by atoms with Gasteiger partial charge in [0.2, 0.25) is 0 Å². The average molecular weight is 595 g/mol. The van der Waals surface area contributed by atoms with E-state index >= 15 is 0 Å². The number of anilines is 1. The van der Waals surface area contributed by atoms with Crippen molar-refractivity contribution < 1.29 is 28.6 Å². The Labute approximate surface area is 252 Å². The van der Waals surface area contributed by atoms with E-state index in [-0.39, 0.29) is 44.4 Å². The fourth-order valence-corrected chi connectivity index (χ4v) is 5.54. The molecule has 1 aliphatic heterocycles. The summed E-state index contributed by atoms with van der Waals surface area (Å²) in [7, 11) is 1.77. The van der Waals surface area contributed by atoms with Crippen molar-refractivity contribution in [3.63, 3.8) is 0 Å². The smallest absolute Gasteiger partial charge is 0.410 e. The number of nitrogens with zero attached hydrogens (tertiary/aromatic N) is 5. The number of primary amides is 1. The number of amides is 3. The van der Waals surface area contributed by atoms with E-state index in [1.54, 1.807) is 23.6 Å². The number of ether oxygens (including phenoxy) is 3. The van der Waals surface area contributed by atoms with Gasteiger partial charge < -0.3 is 24.8 Å². The zero-order chi connectivity index (χ0) is 30.9. The summed E-state index contributed by atoms with van der Waals surface area (Å²) in [4.78, 5) is 42.3. The third kappa shape index (κ3) is 7.95. The van der Waals surface area contributed by atoms with Crippen molar-refractivity contribution in [2.75, 3.05) is 44.3 Å². The monoisotopic (exact) mass is 594 g/mol. The predicted octanol–water partition coefficient (Wildman–Crippen LogP) is 3.91. The number of urea groups is 1. The molecule has 1 aromatic heterocycles. The summed E-state index contributed by atoms with van der Waals surface area (Å²) in [5, 5.41) is 5.22. The van der Waals surface area contributed by atoms with Crippen LogP contribution in [0.5, 0.6) is 5.75 Å². The minimum atomic E-state index is -0.705. The first kappa shape index (κ1) is 31.6. The highest BCUT2D eigenvalue weighted by Gasteiger charge is 2.32. The third-order valence-corrected chi connectivity index (χ3v) is 7.56. The summed E-state index contributed by atoms with van der Waals surface area (Å²) in [5.41, 5.74) is 7.34. The van der Waals surface area contributed by atoms with Gasteiger partial charge in [0.1, 0.15) is 17.9 Å². The SMILES string of the molecule is CCOC(=O)CCN(C(N)=O)c1nn(C)c2c(OCCCN3[C@H](C)CN(C(=O)OCc4ccccc4)C[C@@H]3C)cccc12. The Bertz CT molecular complexity index is 1380. The first-order valence-electron chi connectivity index (χ1n) is 14.7. The van der Waals surface area contributed by atoms with Crippen LogP contribution in [-0.4, -0.2) is 89.2 Å². The molecule has 232 valence electrons. The van der Waals surface area contributed by atoms with Crippen LogP contribution in [0.15, 0.2) is 48.5 Å². The Balaban J connectivity index is 1.31. The van der Waals surface area contributed by atoms with Gasteiger partial charge in [0.25, 0.3) is 0 Å². The molecule has 0 aliphatic carbocycles. The Morgan fingerprint density at radius 1 is 1.02 bits per heavy atom. The third-order valence-electron chi connectivity index (χ3n) is 7.56. The average Bonchev–Trinajstić information content (AvgIpc) is 3.32. The van der Waals surface area contributed by atoms with Crippen LogP contribution in [0.4, 0.5) is 15.4 Å². The van der Waals surface area contributed by atoms with Crippen molar-refractivity contribution in [3.05, 3.63) is 54.1 Å². The number of fused-ring (bicyclic) bond motifs is 1. The molecular weight excluding hydrogens is 552 g/mol. The fraction of sp³-hybridized carbons (Fsp3) is 0.484. The Morgan fingerprint density at radius 3 is 2.42 bits per heavy atom. The van der Waals surface area contributed by atoms with Crippen molar-refractivity contribution in [1.82, 2.24) is 19.6 Å². The second kappa shape index (κ2) is 14.7. The van der Waals surface area contributed by atoms with E-state index in [9.17, 15) is 14.4 Å². The van der Waals surface area contributed by atoms with Crippen LogP contribution in [0.3, 0.4) is 0 Å². The van der Waals surface area contributed by atoms with Crippen LogP contribution < -0.4 is 15.4 Å². The van der Waals surface area contributed by atoms with Crippen LogP contribution in [0.1, 0.15) is 39.2 Å². The second-order valence-electron chi connectivity index (χ2n) is 10.7. The van der Waals surface area contributed by atoms with Crippen molar-refractivity contribution in [2.24, 2.45) is 12.8 Å². The topological polar surface area (TPSA) is 132 Å². The molecule has 3 aromatic rings. The predicted molar refractivity (Wildman–Crippen MR) is 163 cm³/mol. The van der Waals surface area contributed by atoms with E-state index < -0.39 is 12.0 Å². The standard InChI is InChI=1S/C31H42N6O6/c1-5-41-27(38)15-17-37(30(32)39)29-25-13-9-14-26(28(25)34(4)33-29)42-18-10-16-36-22(2)19-35(20-23(36)3)31(40)43-21-24-11-7-6-8-12-24/h6-9,11-14,22-23H,5,10,15-21H2,1-4H3,(H2,32,39)/t22-,23+. The number of nitrogens with two attached hydrogens (primary N) is 1. The van der Waals surface area contributed by atoms with Gasteiger partial charge in [-0.2, -0.15) is 5.10 Å². The summed E-state index contributed by atoms with van der Waals surface area (Å²) in [6.45, 7) is 9.04. The van der Waals surface area contributed by atoms with Crippen LogP contribution >= 0.6 is 0 Å². The molecule has 2 atom stereocenters. The number of hydrogen-bond acceptors (Lipinski definition) is 8. The lowest BCUT2D eigenvalue weighted by molar-refractivity contribution is -0.142. The van der Waals surface area contributed by atoms with Gasteiger partial charge in [0.15, 0.2) is 5.82 Å². The van der Waals surface area contributed by atoms with Crippen LogP contribution in [0, 0.1) is 0 Å². The van der Waals surface area contributed by atoms with Gasteiger partial charge in [-0.1, -0.05) is 36.4 Å². The number of hydrogen-bond donors (Lipinski definition) is 1. The van der Waals surface area contributed by atoms with Crippen molar-refractivity contribution >= 4 is 34.8 Å². The van der Waals surface area contributed by atoms with Gasteiger partial charge in [-0.05, 0) is 44.9 Å². The van der Waals surface area contributed by atoms with E-state index in [2.05, 4.69) is 23.8 Å². The maximum absolute atomic E-state index is 12.7. The first-order chi connectivity index (χ1) is 20.7. The molecule has 1 fully saturated rings. The number of benzene rings is 2. The molecule has 0 saturated carbocycles. The van der Waals surface area contributed by atoms with Gasteiger partial charge in [-0.15, -0.1) is 0 Å². The van der Waals surface area contributed by atoms with Gasteiger partial charge >= 0.3 is 18.1 Å². The van der Waals surface area contributed by atoms with Crippen molar-refractivity contribution in [1.29, 1.82) is 0 Å². The fourth-order valence-electron chi connectivity index (χ4n) is 5.54. The Kier molecular flexibility index (Phi) is 10.8. The number of esters is 1. The zero-order valence-corrected chi connectivity index (χ0v) is 25.4. The minimum absolute atomic E-state index is 0.00498. The number of para-hydroxylation sites is 1. The summed E-state index contributed by atoms with van der Waals surface area (Å²) < 4.78 is 18.4. The van der Waals surface area contributed by atoms with E-state index in [4.69, 9.17) is 19.9 Å². The number of rotatable bonds is 12. The number of carbonyl (C=O) groups is 3. The Hall–Kier alpha value is -4.32.